The van der Waals surface area contributed by atoms with Crippen molar-refractivity contribution in [2.24, 2.45) is 0 Å². The van der Waals surface area contributed by atoms with Crippen molar-refractivity contribution in [1.82, 2.24) is 10.9 Å². The largest absolute Gasteiger partial charge is 0.482 e. The van der Waals surface area contributed by atoms with Gasteiger partial charge in [0.25, 0.3) is 11.8 Å². The van der Waals surface area contributed by atoms with Crippen molar-refractivity contribution in [2.75, 3.05) is 6.61 Å². The molecular weight excluding hydrogens is 286 g/mol. The number of nitrogens with zero attached hydrogens (tertiary/aromatic N) is 1. The maximum Gasteiger partial charge on any atom is 0.276 e. The molecule has 0 atom stereocenters. The van der Waals surface area contributed by atoms with Gasteiger partial charge in [-0.05, 0) is 25.1 Å². The van der Waals surface area contributed by atoms with Crippen LogP contribution in [-0.2, 0) is 4.79 Å². The van der Waals surface area contributed by atoms with Gasteiger partial charge in [-0.25, -0.2) is 0 Å². The number of ether oxygens (including phenoxy) is 1. The van der Waals surface area contributed by atoms with Gasteiger partial charge in [0.15, 0.2) is 6.61 Å². The van der Waals surface area contributed by atoms with E-state index in [1.54, 1.807) is 31.2 Å². The number of para-hydroxylation sites is 1. The van der Waals surface area contributed by atoms with E-state index in [9.17, 15) is 9.59 Å². The number of furan rings is 1. The molecule has 22 heavy (non-hydrogen) atoms. The predicted octanol–water partition coefficient (Wildman–Crippen LogP) is 1.30. The lowest BCUT2D eigenvalue weighted by Gasteiger charge is -2.09. The third-order valence-corrected chi connectivity index (χ3v) is 2.79. The van der Waals surface area contributed by atoms with E-state index in [2.05, 4.69) is 10.9 Å². The average molecular weight is 299 g/mol. The minimum atomic E-state index is -0.553. The Morgan fingerprint density at radius 2 is 2.05 bits per heavy atom. The summed E-state index contributed by atoms with van der Waals surface area (Å²) in [4.78, 5) is 23.4. The highest BCUT2D eigenvalue weighted by atomic mass is 16.5. The summed E-state index contributed by atoms with van der Waals surface area (Å²) in [6, 6.07) is 10.0. The number of rotatable bonds is 4. The highest BCUT2D eigenvalue weighted by Crippen LogP contribution is 2.16. The fourth-order valence-corrected chi connectivity index (χ4v) is 1.68. The van der Waals surface area contributed by atoms with Gasteiger partial charge in [-0.3, -0.25) is 20.4 Å². The molecule has 0 saturated heterocycles. The van der Waals surface area contributed by atoms with Crippen molar-refractivity contribution in [2.45, 2.75) is 6.92 Å². The van der Waals surface area contributed by atoms with E-state index in [0.717, 1.165) is 0 Å². The Morgan fingerprint density at radius 3 is 2.73 bits per heavy atom. The van der Waals surface area contributed by atoms with Crippen LogP contribution in [0.2, 0.25) is 0 Å². The molecule has 0 aliphatic heterocycles. The van der Waals surface area contributed by atoms with Crippen LogP contribution < -0.4 is 15.6 Å². The fraction of sp³-hybridized carbons (Fsp3) is 0.133. The number of carbonyl (C=O) groups excluding carboxylic acids is 2. The molecule has 0 aliphatic rings. The van der Waals surface area contributed by atoms with Gasteiger partial charge in [0.1, 0.15) is 17.6 Å². The first-order valence-electron chi connectivity index (χ1n) is 6.37. The molecule has 2 aromatic rings. The van der Waals surface area contributed by atoms with Crippen molar-refractivity contribution in [3.8, 4) is 11.8 Å². The van der Waals surface area contributed by atoms with Crippen molar-refractivity contribution in [3.05, 3.63) is 53.5 Å². The zero-order chi connectivity index (χ0) is 15.9. The molecule has 2 rings (SSSR count). The Hall–Kier alpha value is -3.27. The van der Waals surface area contributed by atoms with Gasteiger partial charge in [0.2, 0.25) is 0 Å². The molecule has 7 nitrogen and oxygen atoms in total. The second kappa shape index (κ2) is 6.95. The van der Waals surface area contributed by atoms with Crippen molar-refractivity contribution < 1.29 is 18.7 Å². The third-order valence-electron chi connectivity index (χ3n) is 2.79. The van der Waals surface area contributed by atoms with Crippen LogP contribution in [0.25, 0.3) is 0 Å². The SMILES string of the molecule is Cc1occc1C(=O)NNC(=O)COc1ccccc1C#N. The molecule has 0 fully saturated rings. The number of hydrogen-bond acceptors (Lipinski definition) is 5. The molecule has 0 radical (unpaired) electrons. The molecule has 1 aromatic carbocycles. The highest BCUT2D eigenvalue weighted by molar-refractivity contribution is 5.96. The predicted molar refractivity (Wildman–Crippen MR) is 75.7 cm³/mol. The lowest BCUT2D eigenvalue weighted by atomic mass is 10.2. The maximum atomic E-state index is 11.7. The number of aryl methyl sites for hydroxylation is 1. The first-order valence-corrected chi connectivity index (χ1v) is 6.37. The highest BCUT2D eigenvalue weighted by Gasteiger charge is 2.12. The van der Waals surface area contributed by atoms with Crippen LogP contribution in [0.3, 0.4) is 0 Å². The Bertz CT molecular complexity index is 730. The van der Waals surface area contributed by atoms with Crippen molar-refractivity contribution in [1.29, 1.82) is 5.26 Å². The summed E-state index contributed by atoms with van der Waals surface area (Å²) in [5.41, 5.74) is 5.12. The quantitative estimate of drug-likeness (QED) is 0.828. The normalized spacial score (nSPS) is 9.64. The Balaban J connectivity index is 1.83. The van der Waals surface area contributed by atoms with Gasteiger partial charge in [-0.1, -0.05) is 12.1 Å². The van der Waals surface area contributed by atoms with Gasteiger partial charge in [0.05, 0.1) is 17.4 Å². The Kier molecular flexibility index (Phi) is 4.78. The molecule has 112 valence electrons. The summed E-state index contributed by atoms with van der Waals surface area (Å²) in [5.74, 6) is -0.289. The summed E-state index contributed by atoms with van der Waals surface area (Å²) in [6.45, 7) is 1.31. The van der Waals surface area contributed by atoms with Gasteiger partial charge >= 0.3 is 0 Å². The zero-order valence-corrected chi connectivity index (χ0v) is 11.8. The second-order valence-electron chi connectivity index (χ2n) is 4.29. The van der Waals surface area contributed by atoms with E-state index in [0.29, 0.717) is 22.6 Å². The molecule has 0 unspecified atom stereocenters. The zero-order valence-electron chi connectivity index (χ0n) is 11.8. The van der Waals surface area contributed by atoms with Crippen LogP contribution in [-0.4, -0.2) is 18.4 Å². The van der Waals surface area contributed by atoms with Crippen LogP contribution in [0, 0.1) is 18.3 Å². The van der Waals surface area contributed by atoms with Crippen molar-refractivity contribution >= 4 is 11.8 Å². The molecule has 0 aliphatic carbocycles. The number of carbonyl (C=O) groups is 2. The number of benzene rings is 1. The van der Waals surface area contributed by atoms with Crippen LogP contribution in [0.5, 0.6) is 5.75 Å². The smallest absolute Gasteiger partial charge is 0.276 e. The first kappa shape index (κ1) is 15.1. The van der Waals surface area contributed by atoms with Crippen LogP contribution in [0.4, 0.5) is 0 Å². The molecule has 7 heteroatoms. The number of nitrogens with one attached hydrogen (secondary N) is 2. The lowest BCUT2D eigenvalue weighted by Crippen LogP contribution is -2.43. The van der Waals surface area contributed by atoms with Crippen LogP contribution in [0.1, 0.15) is 21.7 Å². The monoisotopic (exact) mass is 299 g/mol. The molecule has 1 aromatic heterocycles. The standard InChI is InChI=1S/C15H13N3O4/c1-10-12(6-7-21-10)15(20)18-17-14(19)9-22-13-5-3-2-4-11(13)8-16/h2-7H,9H2,1H3,(H,17,19)(H,18,20). The molecule has 2 N–H and O–H groups in total. The van der Waals surface area contributed by atoms with Gasteiger partial charge in [0, 0.05) is 0 Å². The summed E-state index contributed by atoms with van der Waals surface area (Å²) < 4.78 is 10.2. The fourth-order valence-electron chi connectivity index (χ4n) is 1.68. The van der Waals surface area contributed by atoms with Gasteiger partial charge in [-0.15, -0.1) is 0 Å². The third kappa shape index (κ3) is 3.64. The molecule has 1 heterocycles. The number of hydrogen-bond donors (Lipinski definition) is 2. The molecule has 0 spiro atoms. The van der Waals surface area contributed by atoms with E-state index in [-0.39, 0.29) is 6.61 Å². The summed E-state index contributed by atoms with van der Waals surface area (Å²) >= 11 is 0. The first-order chi connectivity index (χ1) is 10.6. The number of hydrazine groups is 1. The summed E-state index contributed by atoms with van der Waals surface area (Å²) in [5, 5.41) is 8.90. The van der Waals surface area contributed by atoms with Gasteiger partial charge in [-0.2, -0.15) is 5.26 Å². The van der Waals surface area contributed by atoms with E-state index >= 15 is 0 Å². The van der Waals surface area contributed by atoms with Crippen LogP contribution in [0.15, 0.2) is 41.0 Å². The second-order valence-corrected chi connectivity index (χ2v) is 4.29. The number of amides is 2. The maximum absolute atomic E-state index is 11.7. The van der Waals surface area contributed by atoms with Crippen molar-refractivity contribution in [3.63, 3.8) is 0 Å². The average Bonchev–Trinajstić information content (AvgIpc) is 2.97. The minimum absolute atomic E-state index is 0.303. The molecular formula is C15H13N3O4. The lowest BCUT2D eigenvalue weighted by molar-refractivity contribution is -0.123. The van der Waals surface area contributed by atoms with E-state index in [4.69, 9.17) is 14.4 Å². The van der Waals surface area contributed by atoms with E-state index in [1.165, 1.54) is 12.3 Å². The number of nitriles is 1. The molecule has 2 amide bonds. The Morgan fingerprint density at radius 1 is 1.27 bits per heavy atom. The van der Waals surface area contributed by atoms with E-state index in [1.807, 2.05) is 6.07 Å². The minimum Gasteiger partial charge on any atom is -0.482 e. The molecule has 0 bridgehead atoms. The van der Waals surface area contributed by atoms with E-state index < -0.39 is 11.8 Å². The Labute approximate surface area is 126 Å². The summed E-state index contributed by atoms with van der Waals surface area (Å²) in [7, 11) is 0. The molecule has 0 saturated carbocycles. The van der Waals surface area contributed by atoms with Gasteiger partial charge < -0.3 is 9.15 Å². The topological polar surface area (TPSA) is 104 Å². The summed E-state index contributed by atoms with van der Waals surface area (Å²) in [6.07, 6.45) is 1.38. The van der Waals surface area contributed by atoms with Crippen LogP contribution >= 0.6 is 0 Å².